The van der Waals surface area contributed by atoms with Gasteiger partial charge in [0.1, 0.15) is 0 Å². The molecule has 1 heterocycles. The summed E-state index contributed by atoms with van der Waals surface area (Å²) in [5.41, 5.74) is 3.33. The summed E-state index contributed by atoms with van der Waals surface area (Å²) >= 11 is 0. The van der Waals surface area contributed by atoms with Gasteiger partial charge in [-0.3, -0.25) is 9.10 Å². The lowest BCUT2D eigenvalue weighted by molar-refractivity contribution is 0.0954. The number of amides is 1. The molecule has 0 bridgehead atoms. The molecule has 1 aliphatic heterocycles. The van der Waals surface area contributed by atoms with E-state index in [1.807, 2.05) is 14.0 Å². The number of carbonyl (C=O) groups is 1. The topological polar surface area (TPSA) is 69.7 Å². The standard InChI is InChI=1S/C21H27N3O3S/c1-17-8-10-19(11-9-17)23(2)14-12-22-21(25)18-6-5-7-20(16-18)24-13-3-4-15-28(24,26)27/h5-11,16H,3-4,12-15H2,1-2H3,(H,22,25). The molecule has 28 heavy (non-hydrogen) atoms. The van der Waals surface area contributed by atoms with E-state index in [2.05, 4.69) is 34.5 Å². The van der Waals surface area contributed by atoms with Gasteiger partial charge in [-0.2, -0.15) is 0 Å². The van der Waals surface area contributed by atoms with Crippen molar-refractivity contribution in [3.05, 3.63) is 59.7 Å². The summed E-state index contributed by atoms with van der Waals surface area (Å²) in [6.45, 7) is 3.69. The molecule has 0 saturated carbocycles. The summed E-state index contributed by atoms with van der Waals surface area (Å²) in [6, 6.07) is 15.1. The molecule has 0 spiro atoms. The van der Waals surface area contributed by atoms with Gasteiger partial charge in [0.15, 0.2) is 0 Å². The van der Waals surface area contributed by atoms with Crippen LogP contribution in [0.1, 0.15) is 28.8 Å². The number of hydrogen-bond donors (Lipinski definition) is 1. The van der Waals surface area contributed by atoms with Gasteiger partial charge in [0, 0.05) is 37.9 Å². The molecule has 2 aromatic rings. The predicted octanol–water partition coefficient (Wildman–Crippen LogP) is 2.79. The van der Waals surface area contributed by atoms with E-state index in [-0.39, 0.29) is 11.7 Å². The quantitative estimate of drug-likeness (QED) is 0.808. The molecular weight excluding hydrogens is 374 g/mol. The van der Waals surface area contributed by atoms with Crippen LogP contribution in [-0.4, -0.2) is 46.8 Å². The van der Waals surface area contributed by atoms with Gasteiger partial charge in [-0.25, -0.2) is 8.42 Å². The van der Waals surface area contributed by atoms with Crippen LogP contribution in [-0.2, 0) is 10.0 Å². The SMILES string of the molecule is Cc1ccc(N(C)CCNC(=O)c2cccc(N3CCCCS3(=O)=O)c2)cc1. The number of rotatable bonds is 6. The van der Waals surface area contributed by atoms with Crippen molar-refractivity contribution in [3.63, 3.8) is 0 Å². The molecule has 6 nitrogen and oxygen atoms in total. The van der Waals surface area contributed by atoms with Crippen LogP contribution in [0.4, 0.5) is 11.4 Å². The second kappa shape index (κ2) is 8.65. The lowest BCUT2D eigenvalue weighted by Crippen LogP contribution is -2.38. The summed E-state index contributed by atoms with van der Waals surface area (Å²) in [4.78, 5) is 14.6. The van der Waals surface area contributed by atoms with Crippen LogP contribution in [0, 0.1) is 6.92 Å². The van der Waals surface area contributed by atoms with Crippen molar-refractivity contribution in [3.8, 4) is 0 Å². The molecule has 0 unspecified atom stereocenters. The predicted molar refractivity (Wildman–Crippen MR) is 114 cm³/mol. The third-order valence-electron chi connectivity index (χ3n) is 4.95. The van der Waals surface area contributed by atoms with E-state index in [1.54, 1.807) is 24.3 Å². The van der Waals surface area contributed by atoms with Gasteiger partial charge in [-0.15, -0.1) is 0 Å². The van der Waals surface area contributed by atoms with E-state index in [0.717, 1.165) is 12.1 Å². The summed E-state index contributed by atoms with van der Waals surface area (Å²) in [6.07, 6.45) is 1.52. The van der Waals surface area contributed by atoms with Crippen LogP contribution in [0.3, 0.4) is 0 Å². The molecule has 2 aromatic carbocycles. The van der Waals surface area contributed by atoms with E-state index in [9.17, 15) is 13.2 Å². The zero-order valence-corrected chi connectivity index (χ0v) is 17.2. The fourth-order valence-electron chi connectivity index (χ4n) is 3.25. The first-order chi connectivity index (χ1) is 13.4. The lowest BCUT2D eigenvalue weighted by Gasteiger charge is -2.28. The van der Waals surface area contributed by atoms with Gasteiger partial charge >= 0.3 is 0 Å². The maximum absolute atomic E-state index is 12.5. The van der Waals surface area contributed by atoms with Crippen molar-refractivity contribution in [2.45, 2.75) is 19.8 Å². The Morgan fingerprint density at radius 2 is 1.89 bits per heavy atom. The number of sulfonamides is 1. The number of nitrogens with zero attached hydrogens (tertiary/aromatic N) is 2. The van der Waals surface area contributed by atoms with Crippen molar-refractivity contribution in [2.75, 3.05) is 41.6 Å². The maximum atomic E-state index is 12.5. The Kier molecular flexibility index (Phi) is 6.24. The smallest absolute Gasteiger partial charge is 0.251 e. The average molecular weight is 402 g/mol. The van der Waals surface area contributed by atoms with E-state index in [4.69, 9.17) is 0 Å². The normalized spacial score (nSPS) is 15.9. The van der Waals surface area contributed by atoms with Crippen molar-refractivity contribution >= 4 is 27.3 Å². The zero-order chi connectivity index (χ0) is 20.1. The largest absolute Gasteiger partial charge is 0.373 e. The Bertz CT molecular complexity index is 926. The molecule has 0 aromatic heterocycles. The highest BCUT2D eigenvalue weighted by Gasteiger charge is 2.26. The Morgan fingerprint density at radius 3 is 2.61 bits per heavy atom. The minimum atomic E-state index is -3.29. The number of nitrogens with one attached hydrogen (secondary N) is 1. The lowest BCUT2D eigenvalue weighted by atomic mass is 10.2. The molecule has 150 valence electrons. The summed E-state index contributed by atoms with van der Waals surface area (Å²) in [5.74, 6) is -0.0389. The van der Waals surface area contributed by atoms with Crippen LogP contribution in [0.2, 0.25) is 0 Å². The highest BCUT2D eigenvalue weighted by Crippen LogP contribution is 2.24. The zero-order valence-electron chi connectivity index (χ0n) is 16.4. The number of aryl methyl sites for hydroxylation is 1. The molecule has 0 radical (unpaired) electrons. The Morgan fingerprint density at radius 1 is 1.14 bits per heavy atom. The van der Waals surface area contributed by atoms with Crippen LogP contribution in [0.25, 0.3) is 0 Å². The molecule has 7 heteroatoms. The second-order valence-electron chi connectivity index (χ2n) is 7.16. The number of carbonyl (C=O) groups excluding carboxylic acids is 1. The fraction of sp³-hybridized carbons (Fsp3) is 0.381. The van der Waals surface area contributed by atoms with Gasteiger partial charge in [-0.1, -0.05) is 23.8 Å². The average Bonchev–Trinajstić information content (AvgIpc) is 2.68. The maximum Gasteiger partial charge on any atom is 0.251 e. The van der Waals surface area contributed by atoms with Gasteiger partial charge in [-0.05, 0) is 50.1 Å². The van der Waals surface area contributed by atoms with Gasteiger partial charge in [0.05, 0.1) is 11.4 Å². The fourth-order valence-corrected chi connectivity index (χ4v) is 4.88. The molecular formula is C21H27N3O3S. The van der Waals surface area contributed by atoms with E-state index < -0.39 is 10.0 Å². The number of anilines is 2. The highest BCUT2D eigenvalue weighted by molar-refractivity contribution is 7.92. The molecule has 0 atom stereocenters. The molecule has 1 fully saturated rings. The van der Waals surface area contributed by atoms with Crippen molar-refractivity contribution in [2.24, 2.45) is 0 Å². The monoisotopic (exact) mass is 401 g/mol. The Labute approximate surface area is 167 Å². The number of likely N-dealkylation sites (N-methyl/N-ethyl adjacent to an activating group) is 1. The van der Waals surface area contributed by atoms with Gasteiger partial charge in [0.2, 0.25) is 10.0 Å². The van der Waals surface area contributed by atoms with Crippen LogP contribution >= 0.6 is 0 Å². The molecule has 1 amide bonds. The molecule has 1 N–H and O–H groups in total. The molecule has 1 saturated heterocycles. The number of hydrogen-bond acceptors (Lipinski definition) is 4. The Balaban J connectivity index is 1.59. The third kappa shape index (κ3) is 4.84. The summed E-state index contributed by atoms with van der Waals surface area (Å²) in [5, 5.41) is 2.91. The highest BCUT2D eigenvalue weighted by atomic mass is 32.2. The Hall–Kier alpha value is -2.54. The van der Waals surface area contributed by atoms with E-state index in [0.29, 0.717) is 37.3 Å². The first-order valence-electron chi connectivity index (χ1n) is 9.53. The minimum absolute atomic E-state index is 0.161. The van der Waals surface area contributed by atoms with Crippen molar-refractivity contribution < 1.29 is 13.2 Å². The summed E-state index contributed by atoms with van der Waals surface area (Å²) in [7, 11) is -1.30. The first-order valence-corrected chi connectivity index (χ1v) is 11.1. The first kappa shape index (κ1) is 20.2. The van der Waals surface area contributed by atoms with Gasteiger partial charge < -0.3 is 10.2 Å². The summed E-state index contributed by atoms with van der Waals surface area (Å²) < 4.78 is 26.0. The molecule has 0 aliphatic carbocycles. The minimum Gasteiger partial charge on any atom is -0.373 e. The van der Waals surface area contributed by atoms with Crippen LogP contribution < -0.4 is 14.5 Å². The third-order valence-corrected chi connectivity index (χ3v) is 6.82. The second-order valence-corrected chi connectivity index (χ2v) is 9.17. The van der Waals surface area contributed by atoms with Crippen molar-refractivity contribution in [1.29, 1.82) is 0 Å². The number of benzene rings is 2. The molecule has 3 rings (SSSR count). The molecule has 1 aliphatic rings. The van der Waals surface area contributed by atoms with Crippen molar-refractivity contribution in [1.82, 2.24) is 5.32 Å². The van der Waals surface area contributed by atoms with Gasteiger partial charge in [0.25, 0.3) is 5.91 Å². The van der Waals surface area contributed by atoms with E-state index in [1.165, 1.54) is 9.87 Å². The van der Waals surface area contributed by atoms with E-state index >= 15 is 0 Å². The van der Waals surface area contributed by atoms with Crippen LogP contribution in [0.15, 0.2) is 48.5 Å². The van der Waals surface area contributed by atoms with Crippen LogP contribution in [0.5, 0.6) is 0 Å².